The Morgan fingerprint density at radius 2 is 1.92 bits per heavy atom. The van der Waals surface area contributed by atoms with Crippen molar-refractivity contribution in [2.75, 3.05) is 19.0 Å². The maximum absolute atomic E-state index is 12.3. The first-order chi connectivity index (χ1) is 17.4. The van der Waals surface area contributed by atoms with Crippen LogP contribution < -0.4 is 15.4 Å². The van der Waals surface area contributed by atoms with Gasteiger partial charge in [0.1, 0.15) is 0 Å². The molecule has 1 aliphatic carbocycles. The molecule has 2 aliphatic rings. The number of rotatable bonds is 6. The molecule has 8 nitrogen and oxygen atoms in total. The predicted octanol–water partition coefficient (Wildman–Crippen LogP) is 4.98. The molecule has 3 heterocycles. The molecule has 2 N–H and O–H groups in total. The fraction of sp³-hybridized carbons (Fsp3) is 0.286. The van der Waals surface area contributed by atoms with E-state index in [0.29, 0.717) is 35.4 Å². The molecule has 1 amide bonds. The molecule has 0 atom stereocenters. The van der Waals surface area contributed by atoms with Crippen LogP contribution >= 0.6 is 0 Å². The van der Waals surface area contributed by atoms with Gasteiger partial charge >= 0.3 is 0 Å². The number of amides is 1. The number of ether oxygens (including phenoxy) is 1. The number of anilines is 2. The lowest BCUT2D eigenvalue weighted by molar-refractivity contribution is 0.0930. The molecule has 6 rings (SSSR count). The van der Waals surface area contributed by atoms with Crippen molar-refractivity contribution in [1.82, 2.24) is 24.8 Å². The molecular formula is C28H28N6O2. The summed E-state index contributed by atoms with van der Waals surface area (Å²) in [6, 6.07) is 13.9. The van der Waals surface area contributed by atoms with E-state index in [1.807, 2.05) is 48.8 Å². The van der Waals surface area contributed by atoms with Crippen LogP contribution in [0.5, 0.6) is 5.75 Å². The molecule has 0 bridgehead atoms. The summed E-state index contributed by atoms with van der Waals surface area (Å²) in [6.45, 7) is 4.84. The summed E-state index contributed by atoms with van der Waals surface area (Å²) in [7, 11) is 1.60. The van der Waals surface area contributed by atoms with E-state index in [4.69, 9.17) is 9.72 Å². The van der Waals surface area contributed by atoms with E-state index in [1.165, 1.54) is 18.5 Å². The van der Waals surface area contributed by atoms with Crippen molar-refractivity contribution in [1.29, 1.82) is 0 Å². The van der Waals surface area contributed by atoms with Crippen molar-refractivity contribution >= 4 is 17.4 Å². The maximum atomic E-state index is 12.3. The summed E-state index contributed by atoms with van der Waals surface area (Å²) >= 11 is 0. The van der Waals surface area contributed by atoms with E-state index >= 15 is 0 Å². The zero-order valence-electron chi connectivity index (χ0n) is 20.6. The van der Waals surface area contributed by atoms with Gasteiger partial charge in [-0.1, -0.05) is 13.8 Å². The molecule has 1 fully saturated rings. The molecular weight excluding hydrogens is 452 g/mol. The Labute approximate surface area is 209 Å². The number of imidazole rings is 1. The number of carbonyl (C=O) groups is 1. The van der Waals surface area contributed by atoms with Crippen LogP contribution in [0.1, 0.15) is 54.2 Å². The Morgan fingerprint density at radius 1 is 1.11 bits per heavy atom. The fourth-order valence-corrected chi connectivity index (χ4v) is 4.61. The number of hydrogen-bond acceptors (Lipinski definition) is 6. The molecule has 2 aromatic heterocycles. The van der Waals surface area contributed by atoms with Crippen LogP contribution in [0, 0.1) is 0 Å². The number of fused-ring (bicyclic) bond motifs is 1. The average molecular weight is 481 g/mol. The SMILES string of the molecule is COc1cnc(-c2ccc(-n3cnc(C4CC4)c3)cc2)nc1Nc1ccc2c(c1)C(C)(C)CNC2=O. The molecule has 8 heteroatoms. The highest BCUT2D eigenvalue weighted by molar-refractivity contribution is 5.98. The lowest BCUT2D eigenvalue weighted by atomic mass is 9.79. The summed E-state index contributed by atoms with van der Waals surface area (Å²) in [6.07, 6.45) is 8.13. The van der Waals surface area contributed by atoms with Crippen LogP contribution in [0.4, 0.5) is 11.5 Å². The normalized spacial score (nSPS) is 16.2. The topological polar surface area (TPSA) is 94.0 Å². The van der Waals surface area contributed by atoms with Crippen molar-refractivity contribution in [2.45, 2.75) is 38.0 Å². The Balaban J connectivity index is 1.28. The van der Waals surface area contributed by atoms with Crippen LogP contribution in [0.25, 0.3) is 17.1 Å². The lowest BCUT2D eigenvalue weighted by Gasteiger charge is -2.32. The van der Waals surface area contributed by atoms with Crippen LogP contribution in [-0.2, 0) is 5.41 Å². The third-order valence-electron chi connectivity index (χ3n) is 6.94. The van der Waals surface area contributed by atoms with E-state index in [1.54, 1.807) is 13.3 Å². The quantitative estimate of drug-likeness (QED) is 0.404. The van der Waals surface area contributed by atoms with Gasteiger partial charge in [0.15, 0.2) is 17.4 Å². The highest BCUT2D eigenvalue weighted by Gasteiger charge is 2.31. The van der Waals surface area contributed by atoms with Gasteiger partial charge in [0.25, 0.3) is 5.91 Å². The van der Waals surface area contributed by atoms with Crippen molar-refractivity contribution in [3.05, 3.63) is 78.0 Å². The molecule has 4 aromatic rings. The van der Waals surface area contributed by atoms with Gasteiger partial charge in [-0.25, -0.2) is 15.0 Å². The molecule has 0 saturated heterocycles. The average Bonchev–Trinajstić information content (AvgIpc) is 3.63. The van der Waals surface area contributed by atoms with Gasteiger partial charge in [0.2, 0.25) is 0 Å². The van der Waals surface area contributed by atoms with Crippen molar-refractivity contribution in [3.63, 3.8) is 0 Å². The first kappa shape index (κ1) is 22.3. The van der Waals surface area contributed by atoms with Crippen molar-refractivity contribution < 1.29 is 9.53 Å². The van der Waals surface area contributed by atoms with Gasteiger partial charge in [-0.3, -0.25) is 4.79 Å². The Kier molecular flexibility index (Phi) is 5.25. The van der Waals surface area contributed by atoms with Gasteiger partial charge in [0, 0.05) is 46.6 Å². The summed E-state index contributed by atoms with van der Waals surface area (Å²) < 4.78 is 7.57. The van der Waals surface area contributed by atoms with E-state index in [0.717, 1.165) is 22.5 Å². The second kappa shape index (κ2) is 8.48. The Morgan fingerprint density at radius 3 is 2.67 bits per heavy atom. The summed E-state index contributed by atoms with van der Waals surface area (Å²) in [4.78, 5) is 26.1. The molecule has 0 spiro atoms. The second-order valence-electron chi connectivity index (χ2n) is 10.1. The summed E-state index contributed by atoms with van der Waals surface area (Å²) in [5.74, 6) is 2.28. The summed E-state index contributed by atoms with van der Waals surface area (Å²) in [5.41, 5.74) is 5.48. The van der Waals surface area contributed by atoms with Crippen LogP contribution in [0.15, 0.2) is 61.2 Å². The van der Waals surface area contributed by atoms with Gasteiger partial charge in [0.05, 0.1) is 25.3 Å². The number of aromatic nitrogens is 4. The van der Waals surface area contributed by atoms with Crippen molar-refractivity contribution in [3.8, 4) is 22.8 Å². The predicted molar refractivity (Wildman–Crippen MR) is 138 cm³/mol. The van der Waals surface area contributed by atoms with Crippen LogP contribution in [0.2, 0.25) is 0 Å². The van der Waals surface area contributed by atoms with Crippen LogP contribution in [-0.4, -0.2) is 39.1 Å². The first-order valence-electron chi connectivity index (χ1n) is 12.2. The standard InChI is InChI=1S/C28H28N6O2/c1-28(2)15-30-27(35)21-11-8-19(12-22(21)28)32-26-24(36-3)13-29-25(33-26)18-6-9-20(10-7-18)34-14-23(31-16-34)17-4-5-17/h6-14,16-17H,4-5,15H2,1-3H3,(H,30,35)(H,29,32,33). The zero-order chi connectivity index (χ0) is 24.9. The molecule has 182 valence electrons. The number of carbonyl (C=O) groups excluding carboxylic acids is 1. The number of benzene rings is 2. The van der Waals surface area contributed by atoms with Crippen LogP contribution in [0.3, 0.4) is 0 Å². The largest absolute Gasteiger partial charge is 0.491 e. The van der Waals surface area contributed by atoms with Gasteiger partial charge < -0.3 is 19.9 Å². The minimum atomic E-state index is -0.168. The van der Waals surface area contributed by atoms with E-state index in [-0.39, 0.29) is 11.3 Å². The molecule has 1 saturated carbocycles. The Bertz CT molecular complexity index is 1450. The van der Waals surface area contributed by atoms with E-state index < -0.39 is 0 Å². The van der Waals surface area contributed by atoms with Crippen molar-refractivity contribution in [2.24, 2.45) is 0 Å². The highest BCUT2D eigenvalue weighted by atomic mass is 16.5. The lowest BCUT2D eigenvalue weighted by Crippen LogP contribution is -2.43. The number of nitrogens with one attached hydrogen (secondary N) is 2. The molecule has 36 heavy (non-hydrogen) atoms. The summed E-state index contributed by atoms with van der Waals surface area (Å²) in [5, 5.41) is 6.33. The highest BCUT2D eigenvalue weighted by Crippen LogP contribution is 2.39. The van der Waals surface area contributed by atoms with E-state index in [2.05, 4.69) is 45.2 Å². The Hall–Kier alpha value is -4.20. The van der Waals surface area contributed by atoms with Gasteiger partial charge in [-0.15, -0.1) is 0 Å². The minimum Gasteiger partial charge on any atom is -0.491 e. The van der Waals surface area contributed by atoms with Gasteiger partial charge in [-0.2, -0.15) is 0 Å². The van der Waals surface area contributed by atoms with E-state index in [9.17, 15) is 4.79 Å². The molecule has 0 radical (unpaired) electrons. The maximum Gasteiger partial charge on any atom is 0.251 e. The smallest absolute Gasteiger partial charge is 0.251 e. The number of methoxy groups -OCH3 is 1. The third kappa shape index (κ3) is 4.08. The number of hydrogen-bond donors (Lipinski definition) is 2. The molecule has 0 unspecified atom stereocenters. The minimum absolute atomic E-state index is 0.0410. The monoisotopic (exact) mass is 480 g/mol. The number of nitrogens with zero attached hydrogens (tertiary/aromatic N) is 4. The third-order valence-corrected chi connectivity index (χ3v) is 6.94. The van der Waals surface area contributed by atoms with Gasteiger partial charge in [-0.05, 0) is 60.9 Å². The zero-order valence-corrected chi connectivity index (χ0v) is 20.6. The second-order valence-corrected chi connectivity index (χ2v) is 10.1. The fourth-order valence-electron chi connectivity index (χ4n) is 4.61. The first-order valence-corrected chi connectivity index (χ1v) is 12.2. The molecule has 2 aromatic carbocycles. The molecule has 1 aliphatic heterocycles.